The number of pyridine rings is 1. The molecule has 17 heavy (non-hydrogen) atoms. The van der Waals surface area contributed by atoms with E-state index < -0.39 is 0 Å². The van der Waals surface area contributed by atoms with Gasteiger partial charge in [0.15, 0.2) is 0 Å². The molecule has 0 saturated heterocycles. The maximum Gasteiger partial charge on any atom is 0.129 e. The normalized spacial score (nSPS) is 11.1. The van der Waals surface area contributed by atoms with Crippen LogP contribution in [0.3, 0.4) is 0 Å². The molecule has 2 aromatic heterocycles. The van der Waals surface area contributed by atoms with Gasteiger partial charge in [0.2, 0.25) is 0 Å². The van der Waals surface area contributed by atoms with Crippen LogP contribution in [0.1, 0.15) is 11.3 Å². The first-order valence-corrected chi connectivity index (χ1v) is 5.91. The molecule has 5 heteroatoms. The van der Waals surface area contributed by atoms with Crippen LogP contribution in [-0.4, -0.2) is 16.9 Å². The van der Waals surface area contributed by atoms with Crippen LogP contribution in [0.5, 0.6) is 0 Å². The van der Waals surface area contributed by atoms with Crippen molar-refractivity contribution in [3.05, 3.63) is 52.2 Å². The summed E-state index contributed by atoms with van der Waals surface area (Å²) in [6.07, 6.45) is 3.39. The molecule has 0 saturated carbocycles. The molecule has 0 amide bonds. The monoisotopic (exact) mass is 270 g/mol. The van der Waals surface area contributed by atoms with Crippen molar-refractivity contribution in [2.45, 2.75) is 13.1 Å². The van der Waals surface area contributed by atoms with Crippen molar-refractivity contribution in [2.75, 3.05) is 7.05 Å². The van der Waals surface area contributed by atoms with Crippen LogP contribution in [0, 0.1) is 0 Å². The molecule has 2 aromatic rings. The van der Waals surface area contributed by atoms with Gasteiger partial charge in [-0.2, -0.15) is 0 Å². The minimum Gasteiger partial charge on any atom is -0.472 e. The molecule has 2 heterocycles. The van der Waals surface area contributed by atoms with Gasteiger partial charge in [-0.25, -0.2) is 4.98 Å². The zero-order valence-electron chi connectivity index (χ0n) is 9.36. The molecule has 0 aliphatic carbocycles. The van der Waals surface area contributed by atoms with Crippen LogP contribution < -0.4 is 0 Å². The second-order valence-corrected chi connectivity index (χ2v) is 4.66. The lowest BCUT2D eigenvalue weighted by Gasteiger charge is -2.15. The molecule has 2 rings (SSSR count). The Hall–Kier alpha value is -1.03. The first-order valence-electron chi connectivity index (χ1n) is 5.15. The Morgan fingerprint density at radius 3 is 2.76 bits per heavy atom. The zero-order chi connectivity index (χ0) is 12.3. The van der Waals surface area contributed by atoms with E-state index in [1.165, 1.54) is 0 Å². The summed E-state index contributed by atoms with van der Waals surface area (Å²) in [5.41, 5.74) is 1.90. The second-order valence-electron chi connectivity index (χ2n) is 3.87. The summed E-state index contributed by atoms with van der Waals surface area (Å²) in [5, 5.41) is 1.09. The lowest BCUT2D eigenvalue weighted by Crippen LogP contribution is -2.18. The van der Waals surface area contributed by atoms with Crippen LogP contribution in [0.4, 0.5) is 0 Å². The molecule has 90 valence electrons. The number of rotatable bonds is 4. The van der Waals surface area contributed by atoms with Crippen molar-refractivity contribution in [3.8, 4) is 0 Å². The van der Waals surface area contributed by atoms with Crippen LogP contribution in [0.2, 0.25) is 10.2 Å². The van der Waals surface area contributed by atoms with Gasteiger partial charge in [-0.15, -0.1) is 0 Å². The van der Waals surface area contributed by atoms with Gasteiger partial charge in [-0.3, -0.25) is 4.90 Å². The van der Waals surface area contributed by atoms with Gasteiger partial charge in [0.05, 0.1) is 23.2 Å². The summed E-state index contributed by atoms with van der Waals surface area (Å²) in [4.78, 5) is 6.30. The number of nitrogens with zero attached hydrogens (tertiary/aromatic N) is 2. The third-order valence-electron chi connectivity index (χ3n) is 2.34. The third-order valence-corrected chi connectivity index (χ3v) is 2.89. The first kappa shape index (κ1) is 12.4. The molecule has 0 radical (unpaired) electrons. The van der Waals surface area contributed by atoms with Crippen LogP contribution in [0.15, 0.2) is 35.1 Å². The molecule has 0 bridgehead atoms. The van der Waals surface area contributed by atoms with Crippen molar-refractivity contribution < 1.29 is 4.42 Å². The van der Waals surface area contributed by atoms with Crippen molar-refractivity contribution in [3.63, 3.8) is 0 Å². The third kappa shape index (κ3) is 3.46. The fourth-order valence-corrected chi connectivity index (χ4v) is 1.90. The van der Waals surface area contributed by atoms with Gasteiger partial charge in [0.1, 0.15) is 5.15 Å². The zero-order valence-corrected chi connectivity index (χ0v) is 10.9. The Morgan fingerprint density at radius 1 is 1.24 bits per heavy atom. The second kappa shape index (κ2) is 5.54. The summed E-state index contributed by atoms with van der Waals surface area (Å²) in [6.45, 7) is 1.42. The average molecular weight is 271 g/mol. The lowest BCUT2D eigenvalue weighted by molar-refractivity contribution is 0.314. The highest BCUT2D eigenvalue weighted by Gasteiger charge is 2.08. The predicted molar refractivity (Wildman–Crippen MR) is 68.1 cm³/mol. The molecule has 0 aromatic carbocycles. The largest absolute Gasteiger partial charge is 0.472 e. The molecular weight excluding hydrogens is 259 g/mol. The fourth-order valence-electron chi connectivity index (χ4n) is 1.57. The quantitative estimate of drug-likeness (QED) is 0.795. The Bertz CT molecular complexity index is 485. The van der Waals surface area contributed by atoms with E-state index in [4.69, 9.17) is 27.6 Å². The summed E-state index contributed by atoms with van der Waals surface area (Å²) in [5.74, 6) is 0. The minimum absolute atomic E-state index is 0.459. The van der Waals surface area contributed by atoms with E-state index in [0.717, 1.165) is 17.8 Å². The standard InChI is InChI=1S/C12H12Cl2N2O/c1-16(6-9-4-5-17-8-9)7-11-10(13)2-3-12(14)15-11/h2-5,8H,6-7H2,1H3. The molecule has 0 spiro atoms. The molecule has 0 N–H and O–H groups in total. The van der Waals surface area contributed by atoms with Gasteiger partial charge in [-0.1, -0.05) is 23.2 Å². The highest BCUT2D eigenvalue weighted by Crippen LogP contribution is 2.18. The summed E-state index contributed by atoms with van der Waals surface area (Å²) >= 11 is 11.9. The minimum atomic E-state index is 0.459. The summed E-state index contributed by atoms with van der Waals surface area (Å²) < 4.78 is 5.02. The van der Waals surface area contributed by atoms with Crippen molar-refractivity contribution >= 4 is 23.2 Å². The van der Waals surface area contributed by atoms with Crippen molar-refractivity contribution in [1.82, 2.24) is 9.88 Å². The highest BCUT2D eigenvalue weighted by atomic mass is 35.5. The topological polar surface area (TPSA) is 29.3 Å². The number of furan rings is 1. The van der Waals surface area contributed by atoms with E-state index in [0.29, 0.717) is 16.7 Å². The maximum absolute atomic E-state index is 6.06. The molecule has 0 aliphatic rings. The molecular formula is C12H12Cl2N2O. The van der Waals surface area contributed by atoms with E-state index in [-0.39, 0.29) is 0 Å². The van der Waals surface area contributed by atoms with E-state index in [9.17, 15) is 0 Å². The van der Waals surface area contributed by atoms with Gasteiger partial charge >= 0.3 is 0 Å². The Morgan fingerprint density at radius 2 is 2.06 bits per heavy atom. The SMILES string of the molecule is CN(Cc1ccoc1)Cc1nc(Cl)ccc1Cl. The molecule has 3 nitrogen and oxygen atoms in total. The molecule has 0 fully saturated rings. The number of hydrogen-bond donors (Lipinski definition) is 0. The average Bonchev–Trinajstić information content (AvgIpc) is 2.76. The number of hydrogen-bond acceptors (Lipinski definition) is 3. The van der Waals surface area contributed by atoms with E-state index >= 15 is 0 Å². The van der Waals surface area contributed by atoms with E-state index in [2.05, 4.69) is 9.88 Å². The van der Waals surface area contributed by atoms with Crippen LogP contribution >= 0.6 is 23.2 Å². The smallest absolute Gasteiger partial charge is 0.129 e. The Labute approximate surface area is 110 Å². The predicted octanol–water partition coefficient (Wildman–Crippen LogP) is 3.61. The van der Waals surface area contributed by atoms with Gasteiger partial charge < -0.3 is 4.42 Å². The maximum atomic E-state index is 6.06. The van der Waals surface area contributed by atoms with Crippen LogP contribution in [-0.2, 0) is 13.1 Å². The number of aromatic nitrogens is 1. The fraction of sp³-hybridized carbons (Fsp3) is 0.250. The first-order chi connectivity index (χ1) is 8.15. The summed E-state index contributed by atoms with van der Waals surface area (Å²) in [6, 6.07) is 5.38. The Balaban J connectivity index is 2.02. The van der Waals surface area contributed by atoms with Gasteiger partial charge in [0, 0.05) is 18.7 Å². The molecule has 0 unspecified atom stereocenters. The highest BCUT2D eigenvalue weighted by molar-refractivity contribution is 6.32. The van der Waals surface area contributed by atoms with E-state index in [1.807, 2.05) is 13.1 Å². The Kier molecular flexibility index (Phi) is 4.05. The van der Waals surface area contributed by atoms with Crippen molar-refractivity contribution in [1.29, 1.82) is 0 Å². The van der Waals surface area contributed by atoms with Crippen molar-refractivity contribution in [2.24, 2.45) is 0 Å². The van der Waals surface area contributed by atoms with Gasteiger partial charge in [0.25, 0.3) is 0 Å². The van der Waals surface area contributed by atoms with Crippen LogP contribution in [0.25, 0.3) is 0 Å². The van der Waals surface area contributed by atoms with E-state index in [1.54, 1.807) is 24.7 Å². The molecule has 0 atom stereocenters. The lowest BCUT2D eigenvalue weighted by atomic mass is 10.3. The van der Waals surface area contributed by atoms with Gasteiger partial charge in [-0.05, 0) is 25.2 Å². The molecule has 0 aliphatic heterocycles. The number of halogens is 2. The summed E-state index contributed by atoms with van der Waals surface area (Å²) in [7, 11) is 1.99.